The fourth-order valence-electron chi connectivity index (χ4n) is 4.46. The first-order valence-corrected chi connectivity index (χ1v) is 11.2. The lowest BCUT2D eigenvalue weighted by Crippen LogP contribution is -2.48. The molecule has 2 rings (SSSR count). The SMILES string of the molecule is C=C[Si](OCCCC)(C1CCCCC1)C1CCCCC1. The molecule has 2 heteroatoms. The number of hydrogen-bond donors (Lipinski definition) is 0. The molecular formula is C18H34OSi. The van der Waals surface area contributed by atoms with E-state index in [1.54, 1.807) is 0 Å². The van der Waals surface area contributed by atoms with Gasteiger partial charge in [-0.15, -0.1) is 6.58 Å². The molecule has 0 bridgehead atoms. The zero-order valence-electron chi connectivity index (χ0n) is 13.5. The Morgan fingerprint density at radius 3 is 1.85 bits per heavy atom. The van der Waals surface area contributed by atoms with E-state index >= 15 is 0 Å². The van der Waals surface area contributed by atoms with Gasteiger partial charge in [-0.05, 0) is 17.5 Å². The van der Waals surface area contributed by atoms with Crippen LogP contribution in [0.3, 0.4) is 0 Å². The van der Waals surface area contributed by atoms with Gasteiger partial charge in [-0.2, -0.15) is 0 Å². The van der Waals surface area contributed by atoms with Crippen LogP contribution in [0.1, 0.15) is 84.0 Å². The first kappa shape index (κ1) is 16.3. The van der Waals surface area contributed by atoms with Crippen LogP contribution in [0, 0.1) is 0 Å². The zero-order chi connectivity index (χ0) is 14.3. The van der Waals surface area contributed by atoms with Crippen molar-refractivity contribution in [2.24, 2.45) is 0 Å². The summed E-state index contributed by atoms with van der Waals surface area (Å²) in [7, 11) is -1.74. The second-order valence-electron chi connectivity index (χ2n) is 6.93. The van der Waals surface area contributed by atoms with Crippen molar-refractivity contribution in [2.75, 3.05) is 6.61 Å². The summed E-state index contributed by atoms with van der Waals surface area (Å²) in [5.41, 5.74) is 4.09. The van der Waals surface area contributed by atoms with Crippen LogP contribution < -0.4 is 0 Å². The maximum Gasteiger partial charge on any atom is 0.222 e. The molecule has 0 aromatic carbocycles. The third kappa shape index (κ3) is 3.76. The lowest BCUT2D eigenvalue weighted by molar-refractivity contribution is 0.261. The van der Waals surface area contributed by atoms with Crippen molar-refractivity contribution in [1.29, 1.82) is 0 Å². The molecule has 0 aliphatic heterocycles. The summed E-state index contributed by atoms with van der Waals surface area (Å²) >= 11 is 0. The Morgan fingerprint density at radius 2 is 1.45 bits per heavy atom. The van der Waals surface area contributed by atoms with Gasteiger partial charge in [-0.25, -0.2) is 0 Å². The molecule has 2 aliphatic carbocycles. The Labute approximate surface area is 127 Å². The molecule has 0 spiro atoms. The normalized spacial score (nSPS) is 22.9. The molecule has 0 heterocycles. The molecule has 116 valence electrons. The van der Waals surface area contributed by atoms with E-state index in [1.807, 2.05) is 0 Å². The van der Waals surface area contributed by atoms with Gasteiger partial charge in [-0.3, -0.25) is 0 Å². The molecule has 0 atom stereocenters. The summed E-state index contributed by atoms with van der Waals surface area (Å²) in [4.78, 5) is 0. The highest BCUT2D eigenvalue weighted by Crippen LogP contribution is 2.49. The molecule has 1 nitrogen and oxygen atoms in total. The standard InChI is InChI=1S/C18H34OSi/c1-3-5-16-19-20(4-2,17-12-8-6-9-13-17)18-14-10-7-11-15-18/h4,17-18H,2-3,5-16H2,1H3. The molecule has 0 N–H and O–H groups in total. The minimum absolute atomic E-state index is 0.869. The van der Waals surface area contributed by atoms with E-state index in [4.69, 9.17) is 4.43 Å². The van der Waals surface area contributed by atoms with Crippen LogP contribution in [0.4, 0.5) is 0 Å². The van der Waals surface area contributed by atoms with Gasteiger partial charge in [0, 0.05) is 6.61 Å². The molecule has 2 saturated carbocycles. The molecule has 0 radical (unpaired) electrons. The molecular weight excluding hydrogens is 260 g/mol. The second-order valence-corrected chi connectivity index (χ2v) is 11.0. The number of hydrogen-bond acceptors (Lipinski definition) is 1. The highest BCUT2D eigenvalue weighted by atomic mass is 28.4. The lowest BCUT2D eigenvalue weighted by atomic mass is 9.99. The smallest absolute Gasteiger partial charge is 0.222 e. The van der Waals surface area contributed by atoms with Crippen LogP contribution in [0.25, 0.3) is 0 Å². The summed E-state index contributed by atoms with van der Waals surface area (Å²) in [5.74, 6) is 0. The Balaban J connectivity index is 2.11. The zero-order valence-corrected chi connectivity index (χ0v) is 14.5. The minimum Gasteiger partial charge on any atom is -0.412 e. The molecule has 2 fully saturated rings. The fraction of sp³-hybridized carbons (Fsp3) is 0.889. The van der Waals surface area contributed by atoms with Gasteiger partial charge < -0.3 is 4.43 Å². The molecule has 0 saturated heterocycles. The summed E-state index contributed by atoms with van der Waals surface area (Å²) in [6.07, 6.45) is 16.7. The van der Waals surface area contributed by atoms with Gasteiger partial charge >= 0.3 is 0 Å². The predicted octanol–water partition coefficient (Wildman–Crippen LogP) is 6.14. The summed E-state index contributed by atoms with van der Waals surface area (Å²) in [5, 5.41) is 0. The van der Waals surface area contributed by atoms with Crippen molar-refractivity contribution in [2.45, 2.75) is 95.1 Å². The van der Waals surface area contributed by atoms with Gasteiger partial charge in [0.15, 0.2) is 0 Å². The average molecular weight is 295 g/mol. The van der Waals surface area contributed by atoms with Gasteiger partial charge in [0.25, 0.3) is 0 Å². The summed E-state index contributed by atoms with van der Waals surface area (Å²) < 4.78 is 6.72. The molecule has 0 aromatic heterocycles. The van der Waals surface area contributed by atoms with Crippen molar-refractivity contribution in [3.8, 4) is 0 Å². The number of rotatable bonds is 7. The van der Waals surface area contributed by atoms with Crippen LogP contribution in [-0.2, 0) is 4.43 Å². The van der Waals surface area contributed by atoms with Crippen molar-refractivity contribution in [3.63, 3.8) is 0 Å². The summed E-state index contributed by atoms with van der Waals surface area (Å²) in [6.45, 7) is 7.55. The molecule has 0 unspecified atom stereocenters. The maximum absolute atomic E-state index is 6.72. The largest absolute Gasteiger partial charge is 0.412 e. The Morgan fingerprint density at radius 1 is 0.950 bits per heavy atom. The van der Waals surface area contributed by atoms with Crippen LogP contribution in [0.15, 0.2) is 12.3 Å². The maximum atomic E-state index is 6.72. The summed E-state index contributed by atoms with van der Waals surface area (Å²) in [6, 6.07) is 0. The van der Waals surface area contributed by atoms with Crippen molar-refractivity contribution in [1.82, 2.24) is 0 Å². The van der Waals surface area contributed by atoms with Gasteiger partial charge in [0.1, 0.15) is 0 Å². The van der Waals surface area contributed by atoms with E-state index < -0.39 is 8.32 Å². The van der Waals surface area contributed by atoms with E-state index in [0.29, 0.717) is 0 Å². The molecule has 2 aliphatic rings. The van der Waals surface area contributed by atoms with Gasteiger partial charge in [0.2, 0.25) is 8.32 Å². The Hall–Kier alpha value is -0.0831. The highest BCUT2D eigenvalue weighted by Gasteiger charge is 2.47. The average Bonchev–Trinajstić information content (AvgIpc) is 2.54. The highest BCUT2D eigenvalue weighted by molar-refractivity contribution is 6.81. The Kier molecular flexibility index (Phi) is 6.83. The topological polar surface area (TPSA) is 9.23 Å². The van der Waals surface area contributed by atoms with Crippen LogP contribution in [-0.4, -0.2) is 14.9 Å². The van der Waals surface area contributed by atoms with E-state index in [0.717, 1.165) is 17.7 Å². The number of unbranched alkanes of at least 4 members (excludes halogenated alkanes) is 1. The second kappa shape index (κ2) is 8.38. The fourth-order valence-corrected chi connectivity index (χ4v) is 9.50. The minimum atomic E-state index is -1.74. The molecule has 0 aromatic rings. The molecule has 20 heavy (non-hydrogen) atoms. The van der Waals surface area contributed by atoms with E-state index in [9.17, 15) is 0 Å². The van der Waals surface area contributed by atoms with Crippen molar-refractivity contribution >= 4 is 8.32 Å². The Bertz CT molecular complexity index is 259. The van der Waals surface area contributed by atoms with Gasteiger partial charge in [0.05, 0.1) is 0 Å². The predicted molar refractivity (Wildman–Crippen MR) is 90.5 cm³/mol. The van der Waals surface area contributed by atoms with Crippen molar-refractivity contribution < 1.29 is 4.43 Å². The van der Waals surface area contributed by atoms with Crippen molar-refractivity contribution in [3.05, 3.63) is 12.3 Å². The van der Waals surface area contributed by atoms with Crippen LogP contribution in [0.5, 0.6) is 0 Å². The monoisotopic (exact) mass is 294 g/mol. The van der Waals surface area contributed by atoms with E-state index in [-0.39, 0.29) is 0 Å². The van der Waals surface area contributed by atoms with E-state index in [1.165, 1.54) is 77.0 Å². The molecule has 0 amide bonds. The van der Waals surface area contributed by atoms with Crippen LogP contribution >= 0.6 is 0 Å². The first-order valence-electron chi connectivity index (χ1n) is 9.11. The van der Waals surface area contributed by atoms with Crippen LogP contribution in [0.2, 0.25) is 11.1 Å². The first-order chi connectivity index (χ1) is 9.83. The lowest BCUT2D eigenvalue weighted by Gasteiger charge is -2.45. The quantitative estimate of drug-likeness (QED) is 0.404. The van der Waals surface area contributed by atoms with Gasteiger partial charge in [-0.1, -0.05) is 83.3 Å². The third-order valence-corrected chi connectivity index (χ3v) is 10.7. The third-order valence-electron chi connectivity index (χ3n) is 5.66. The van der Waals surface area contributed by atoms with E-state index in [2.05, 4.69) is 19.2 Å².